The first-order valence-corrected chi connectivity index (χ1v) is 9.44. The van der Waals surface area contributed by atoms with Crippen LogP contribution in [0.4, 0.5) is 5.13 Å². The molecule has 2 fully saturated rings. The lowest BCUT2D eigenvalue weighted by Crippen LogP contribution is -2.34. The van der Waals surface area contributed by atoms with Gasteiger partial charge in [-0.25, -0.2) is 4.98 Å². The van der Waals surface area contributed by atoms with E-state index in [0.29, 0.717) is 5.13 Å². The van der Waals surface area contributed by atoms with Crippen molar-refractivity contribution in [3.8, 4) is 0 Å². The zero-order chi connectivity index (χ0) is 17.3. The van der Waals surface area contributed by atoms with Crippen molar-refractivity contribution in [2.75, 3.05) is 11.9 Å². The van der Waals surface area contributed by atoms with Gasteiger partial charge in [0.2, 0.25) is 17.7 Å². The lowest BCUT2D eigenvalue weighted by molar-refractivity contribution is -0.140. The fourth-order valence-corrected chi connectivity index (χ4v) is 4.57. The number of aromatic nitrogens is 1. The molecule has 3 amide bonds. The minimum atomic E-state index is -0.207. The molecule has 1 saturated heterocycles. The van der Waals surface area contributed by atoms with Crippen LogP contribution in [0.5, 0.6) is 0 Å². The normalized spacial score (nSPS) is 23.5. The highest BCUT2D eigenvalue weighted by Crippen LogP contribution is 2.38. The molecule has 7 heteroatoms. The fourth-order valence-electron chi connectivity index (χ4n) is 3.66. The molecule has 1 saturated carbocycles. The Kier molecular flexibility index (Phi) is 4.99. The molecular weight excluding hydrogens is 326 g/mol. The summed E-state index contributed by atoms with van der Waals surface area (Å²) in [6.45, 7) is 4.18. The van der Waals surface area contributed by atoms with E-state index in [1.54, 1.807) is 0 Å². The van der Waals surface area contributed by atoms with Crippen molar-refractivity contribution in [1.29, 1.82) is 0 Å². The zero-order valence-electron chi connectivity index (χ0n) is 14.1. The first-order chi connectivity index (χ1) is 11.5. The molecule has 0 bridgehead atoms. The van der Waals surface area contributed by atoms with Crippen LogP contribution in [0.15, 0.2) is 0 Å². The molecule has 1 aromatic heterocycles. The van der Waals surface area contributed by atoms with Crippen LogP contribution < -0.4 is 5.32 Å². The number of carbonyl (C=O) groups is 3. The molecule has 0 aromatic carbocycles. The third-order valence-electron chi connectivity index (χ3n) is 4.97. The van der Waals surface area contributed by atoms with Crippen molar-refractivity contribution in [2.45, 2.75) is 52.4 Å². The summed E-state index contributed by atoms with van der Waals surface area (Å²) in [6.07, 6.45) is 4.58. The van der Waals surface area contributed by atoms with Crippen molar-refractivity contribution in [3.63, 3.8) is 0 Å². The third-order valence-corrected chi connectivity index (χ3v) is 5.90. The summed E-state index contributed by atoms with van der Waals surface area (Å²) in [4.78, 5) is 43.6. The predicted octanol–water partition coefficient (Wildman–Crippen LogP) is 2.52. The maximum atomic E-state index is 12.4. The van der Waals surface area contributed by atoms with Crippen molar-refractivity contribution in [3.05, 3.63) is 10.6 Å². The van der Waals surface area contributed by atoms with E-state index in [0.717, 1.165) is 42.7 Å². The van der Waals surface area contributed by atoms with E-state index in [1.165, 1.54) is 16.2 Å². The summed E-state index contributed by atoms with van der Waals surface area (Å²) in [5.41, 5.74) is 0.990. The molecule has 2 heterocycles. The largest absolute Gasteiger partial charge is 0.302 e. The minimum Gasteiger partial charge on any atom is -0.302 e. The number of likely N-dealkylation sites (tertiary alicyclic amines) is 1. The maximum absolute atomic E-state index is 12.4. The average Bonchev–Trinajstić information content (AvgIpc) is 3.04. The first kappa shape index (κ1) is 17.1. The van der Waals surface area contributed by atoms with Crippen LogP contribution in [0.3, 0.4) is 0 Å². The van der Waals surface area contributed by atoms with Crippen LogP contribution in [0, 0.1) is 18.8 Å². The van der Waals surface area contributed by atoms with Gasteiger partial charge < -0.3 is 5.32 Å². The van der Waals surface area contributed by atoms with Gasteiger partial charge in [0.05, 0.1) is 17.5 Å². The van der Waals surface area contributed by atoms with Crippen LogP contribution in [-0.4, -0.2) is 34.2 Å². The second-order valence-corrected chi connectivity index (χ2v) is 7.70. The number of amides is 3. The summed E-state index contributed by atoms with van der Waals surface area (Å²) < 4.78 is 0. The molecule has 2 atom stereocenters. The highest BCUT2D eigenvalue weighted by Gasteiger charge is 2.47. The van der Waals surface area contributed by atoms with Crippen LogP contribution in [-0.2, 0) is 20.8 Å². The Labute approximate surface area is 145 Å². The molecule has 1 aromatic rings. The van der Waals surface area contributed by atoms with E-state index < -0.39 is 0 Å². The molecule has 2 unspecified atom stereocenters. The van der Waals surface area contributed by atoms with Gasteiger partial charge in [-0.15, -0.1) is 11.3 Å². The summed E-state index contributed by atoms with van der Waals surface area (Å²) >= 11 is 1.45. The Bertz CT molecular complexity index is 646. The quantitative estimate of drug-likeness (QED) is 0.829. The van der Waals surface area contributed by atoms with E-state index in [9.17, 15) is 14.4 Å². The first-order valence-electron chi connectivity index (χ1n) is 8.62. The van der Waals surface area contributed by atoms with E-state index in [-0.39, 0.29) is 42.5 Å². The van der Waals surface area contributed by atoms with Crippen LogP contribution in [0.1, 0.15) is 49.6 Å². The van der Waals surface area contributed by atoms with Gasteiger partial charge in [-0.1, -0.05) is 19.8 Å². The average molecular weight is 349 g/mol. The molecule has 1 N–H and O–H groups in total. The van der Waals surface area contributed by atoms with Crippen molar-refractivity contribution >= 4 is 34.2 Å². The highest BCUT2D eigenvalue weighted by molar-refractivity contribution is 7.15. The summed E-state index contributed by atoms with van der Waals surface area (Å²) in [5, 5.41) is 3.36. The number of carbonyl (C=O) groups excluding carboxylic acids is 3. The zero-order valence-corrected chi connectivity index (χ0v) is 14.9. The number of aryl methyl sites for hydroxylation is 2. The number of nitrogens with zero attached hydrogens (tertiary/aromatic N) is 2. The lowest BCUT2D eigenvalue weighted by atomic mass is 9.81. The number of rotatable bonds is 5. The molecule has 24 heavy (non-hydrogen) atoms. The van der Waals surface area contributed by atoms with Gasteiger partial charge in [-0.3, -0.25) is 19.3 Å². The number of imide groups is 1. The Hall–Kier alpha value is -1.76. The van der Waals surface area contributed by atoms with Crippen LogP contribution in [0.2, 0.25) is 0 Å². The summed E-state index contributed by atoms with van der Waals surface area (Å²) in [5.74, 6) is -0.681. The minimum absolute atomic E-state index is 0.0872. The van der Waals surface area contributed by atoms with Gasteiger partial charge >= 0.3 is 0 Å². The third kappa shape index (κ3) is 3.22. The number of fused-ring (bicyclic) bond motifs is 1. The lowest BCUT2D eigenvalue weighted by Gasteiger charge is -2.19. The number of thiazole rings is 1. The topological polar surface area (TPSA) is 79.4 Å². The summed E-state index contributed by atoms with van der Waals surface area (Å²) in [7, 11) is 0. The second kappa shape index (κ2) is 7.01. The molecule has 0 spiro atoms. The number of hydrogen-bond acceptors (Lipinski definition) is 5. The van der Waals surface area contributed by atoms with Crippen LogP contribution >= 0.6 is 11.3 Å². The molecule has 3 rings (SSSR count). The monoisotopic (exact) mass is 349 g/mol. The van der Waals surface area contributed by atoms with Gasteiger partial charge in [0, 0.05) is 17.8 Å². The Balaban J connectivity index is 1.56. The smallest absolute Gasteiger partial charge is 0.233 e. The van der Waals surface area contributed by atoms with Gasteiger partial charge in [-0.05, 0) is 26.2 Å². The van der Waals surface area contributed by atoms with Gasteiger partial charge in [0.15, 0.2) is 5.13 Å². The van der Waals surface area contributed by atoms with Crippen LogP contribution in [0.25, 0.3) is 0 Å². The van der Waals surface area contributed by atoms with E-state index in [2.05, 4.69) is 10.3 Å². The highest BCUT2D eigenvalue weighted by atomic mass is 32.1. The van der Waals surface area contributed by atoms with Crippen molar-refractivity contribution in [2.24, 2.45) is 11.8 Å². The molecule has 6 nitrogen and oxygen atoms in total. The van der Waals surface area contributed by atoms with Crippen molar-refractivity contribution < 1.29 is 14.4 Å². The standard InChI is InChI=1S/C17H23N3O3S/c1-3-13-10(2)24-17(18-13)19-14(21)8-9-20-15(22)11-6-4-5-7-12(11)16(20)23/h11-12H,3-9H2,1-2H3,(H,18,19,21). The van der Waals surface area contributed by atoms with E-state index >= 15 is 0 Å². The van der Waals surface area contributed by atoms with Gasteiger partial charge in [0.25, 0.3) is 0 Å². The van der Waals surface area contributed by atoms with E-state index in [4.69, 9.17) is 0 Å². The SMILES string of the molecule is CCc1nc(NC(=O)CCN2C(=O)C3CCCCC3C2=O)sc1C. The van der Waals surface area contributed by atoms with Gasteiger partial charge in [0.1, 0.15) is 0 Å². The van der Waals surface area contributed by atoms with Gasteiger partial charge in [-0.2, -0.15) is 0 Å². The predicted molar refractivity (Wildman–Crippen MR) is 91.6 cm³/mol. The molecular formula is C17H23N3O3S. The second-order valence-electron chi connectivity index (χ2n) is 6.50. The number of hydrogen-bond donors (Lipinski definition) is 1. The Morgan fingerprint density at radius 3 is 2.42 bits per heavy atom. The molecule has 130 valence electrons. The number of nitrogens with one attached hydrogen (secondary N) is 1. The van der Waals surface area contributed by atoms with Crippen molar-refractivity contribution in [1.82, 2.24) is 9.88 Å². The molecule has 1 aliphatic heterocycles. The Morgan fingerprint density at radius 2 is 1.88 bits per heavy atom. The molecule has 1 aliphatic carbocycles. The number of anilines is 1. The molecule has 2 aliphatic rings. The maximum Gasteiger partial charge on any atom is 0.233 e. The summed E-state index contributed by atoms with van der Waals surface area (Å²) in [6, 6.07) is 0. The van der Waals surface area contributed by atoms with E-state index in [1.807, 2.05) is 13.8 Å². The fraction of sp³-hybridized carbons (Fsp3) is 0.647. The molecule has 0 radical (unpaired) electrons. The Morgan fingerprint density at radius 1 is 1.25 bits per heavy atom.